The summed E-state index contributed by atoms with van der Waals surface area (Å²) in [5.74, 6) is 1.22. The number of benzene rings is 3. The molecule has 594 valence electrons. The molecule has 112 heavy (non-hydrogen) atoms. The van der Waals surface area contributed by atoms with Crippen molar-refractivity contribution in [1.29, 1.82) is 0 Å². The number of hydrogen-bond acceptors (Lipinski definition) is 17. The first-order chi connectivity index (χ1) is 50.7. The zero-order valence-electron chi connectivity index (χ0n) is 62.3. The fourth-order valence-corrected chi connectivity index (χ4v) is 10.7. The fourth-order valence-electron chi connectivity index (χ4n) is 9.83. The van der Waals surface area contributed by atoms with E-state index in [0.717, 1.165) is 28.8 Å². The first-order valence-electron chi connectivity index (χ1n) is 31.5. The van der Waals surface area contributed by atoms with Crippen LogP contribution in [0.15, 0.2) is 114 Å². The molecule has 3 aromatic carbocycles. The van der Waals surface area contributed by atoms with Crippen LogP contribution in [-0.2, 0) is 44.8 Å². The van der Waals surface area contributed by atoms with Gasteiger partial charge in [-0.25, -0.2) is 34.0 Å². The molecule has 46 heteroatoms. The molecule has 9 heterocycles. The van der Waals surface area contributed by atoms with Crippen LogP contribution in [0.3, 0.4) is 0 Å². The second-order valence-electron chi connectivity index (χ2n) is 24.9. The summed E-state index contributed by atoms with van der Waals surface area (Å²) in [6.45, 7) is 23.4. The van der Waals surface area contributed by atoms with Crippen LogP contribution in [-0.4, -0.2) is 134 Å². The number of carbonyl (C=O) groups excluding carboxylic acids is 1. The number of aromatic nitrogens is 16. The van der Waals surface area contributed by atoms with Gasteiger partial charge in [0.05, 0.1) is 27.8 Å². The molecule has 1 aliphatic rings. The maximum absolute atomic E-state index is 12.9. The molecular weight excluding hydrogens is 1770 g/mol. The zero-order valence-corrected chi connectivity index (χ0v) is 72.3. The largest absolute Gasteiger partial charge is 1.00 e. The standard InChI is InChI=1S/C17H17F3N4O.C17H15F3N4O.C15H18BF3O2.C8H6BrF3N4O.C6H5BrN4O.C2H2BrF3.CH2O3.2K.H/c2*1-9-4-6-12(7-5-9)10(2)13-14-15(16(25)22-11(3)21-14)24(23-13)8-17(18,19)20;1-10(16-20-13(2,3)14(4,5)21-16)11-6-8-12(9-7-11)15(17,18)19;1-3-13-4-5(7(17)14-3)16(15-6(4)9)2-8(10,11)12;1-2-8-3-4(6(12)9-2)10-11-5(3)7;3-1-2(4,5)6;2-1-4-3;;;/h4-7,10H,8H2,1-3H3,(H,21,22,25);4-7H,2,8H2,1,3H3,(H,21,22,25);6-9H,1H2,2-5H3;2H2,1H3,(H,13,14,17);1H3,(H,10,11)(H,8,9,12);1H2;1,3H;;;/q;;;;;;;2*+1;-1/p-1. The molecule has 1 fully saturated rings. The summed E-state index contributed by atoms with van der Waals surface area (Å²) in [5, 5.41) is 25.6. The topological polar surface area (TPSA) is 333 Å². The summed E-state index contributed by atoms with van der Waals surface area (Å²) >= 11 is 8.43. The third-order valence-corrected chi connectivity index (χ3v) is 17.3. The van der Waals surface area contributed by atoms with Gasteiger partial charge in [-0.15, -0.1) is 0 Å². The minimum absolute atomic E-state index is 0. The summed E-state index contributed by atoms with van der Waals surface area (Å²) in [7, 11) is -0.660. The molecule has 0 radical (unpaired) electrons. The molecule has 8 aromatic heterocycles. The molecule has 0 spiro atoms. The van der Waals surface area contributed by atoms with E-state index in [-0.39, 0.29) is 166 Å². The SMILES string of the molecule is C=C(B1OC(C)(C)C(C)(C)O1)c1ccc(C(F)(F)F)cc1.C=C(c1ccc(C)cc1)c1nn(CC(F)(F)F)c2c(=O)[nH]c(C)nc12.Cc1ccc(C(C)c2nn(CC(F)(F)F)c3c(=O)[nH]c(C)nc23)cc1.Cc1nc2c(Br)[nH]nc2c(=O)[nH]1.Cc1nc2c(Br)nn(CC(F)(F)F)c2c(=O)[nH]1.FC(F)(F)CBr.O=CO[O-].[H-].[K+].[K+]. The van der Waals surface area contributed by atoms with Gasteiger partial charge < -0.3 is 40.8 Å². The van der Waals surface area contributed by atoms with Crippen LogP contribution >= 0.6 is 47.8 Å². The van der Waals surface area contributed by atoms with Gasteiger partial charge in [-0.2, -0.15) is 86.3 Å². The Kier molecular flexibility index (Phi) is 35.0. The second kappa shape index (κ2) is 40.0. The quantitative estimate of drug-likeness (QED) is 0.0215. The molecular formula is C66H65BBr3F15K2N16O9. The average Bonchev–Trinajstić information content (AvgIpc) is 1.64. The molecule has 1 unspecified atom stereocenters. The Bertz CT molecular complexity index is 5350. The maximum Gasteiger partial charge on any atom is 1.00 e. The van der Waals surface area contributed by atoms with Gasteiger partial charge in [0, 0.05) is 11.5 Å². The predicted molar refractivity (Wildman–Crippen MR) is 384 cm³/mol. The number of halogens is 18. The Morgan fingerprint density at radius 3 is 1.35 bits per heavy atom. The van der Waals surface area contributed by atoms with Gasteiger partial charge in [-0.05, 0) is 135 Å². The van der Waals surface area contributed by atoms with Gasteiger partial charge in [0.15, 0.2) is 26.7 Å². The van der Waals surface area contributed by atoms with Crippen molar-refractivity contribution < 1.29 is 194 Å². The molecule has 12 rings (SSSR count). The summed E-state index contributed by atoms with van der Waals surface area (Å²) < 4.78 is 198. The van der Waals surface area contributed by atoms with E-state index in [1.54, 1.807) is 32.9 Å². The third-order valence-electron chi connectivity index (χ3n) is 15.6. The summed E-state index contributed by atoms with van der Waals surface area (Å²) in [5.41, 5.74) is 2.62. The van der Waals surface area contributed by atoms with Crippen LogP contribution in [0.4, 0.5) is 65.9 Å². The van der Waals surface area contributed by atoms with Gasteiger partial charge in [0.25, 0.3) is 28.7 Å². The number of aryl methyl sites for hydroxylation is 6. The second-order valence-corrected chi connectivity index (χ2v) is 27.0. The van der Waals surface area contributed by atoms with Crippen molar-refractivity contribution in [3.8, 4) is 0 Å². The van der Waals surface area contributed by atoms with Crippen molar-refractivity contribution in [2.75, 3.05) is 5.33 Å². The van der Waals surface area contributed by atoms with Crippen molar-refractivity contribution in [3.05, 3.63) is 205 Å². The van der Waals surface area contributed by atoms with E-state index in [9.17, 15) is 85.0 Å². The number of rotatable bonds is 10. The molecule has 0 bridgehead atoms. The van der Waals surface area contributed by atoms with E-state index in [0.29, 0.717) is 80.8 Å². The first kappa shape index (κ1) is 98.0. The monoisotopic (exact) mass is 1840 g/mol. The van der Waals surface area contributed by atoms with Gasteiger partial charge in [0.1, 0.15) is 75.3 Å². The third kappa shape index (κ3) is 27.1. The van der Waals surface area contributed by atoms with Crippen molar-refractivity contribution >= 4 is 117 Å². The van der Waals surface area contributed by atoms with E-state index >= 15 is 0 Å². The van der Waals surface area contributed by atoms with Crippen LogP contribution in [0, 0.1) is 41.5 Å². The van der Waals surface area contributed by atoms with Gasteiger partial charge >= 0.3 is 141 Å². The van der Waals surface area contributed by atoms with Crippen LogP contribution in [0.2, 0.25) is 0 Å². The molecule has 0 aliphatic carbocycles. The summed E-state index contributed by atoms with van der Waals surface area (Å²) in [6, 6.07) is 19.8. The van der Waals surface area contributed by atoms with E-state index in [2.05, 4.69) is 131 Å². The van der Waals surface area contributed by atoms with E-state index in [1.807, 2.05) is 84.9 Å². The van der Waals surface area contributed by atoms with Crippen molar-refractivity contribution in [2.45, 2.75) is 144 Å². The number of H-pyrrole nitrogens is 5. The number of nitrogens with one attached hydrogen (secondary N) is 5. The summed E-state index contributed by atoms with van der Waals surface area (Å²) in [6.07, 6.45) is -21.8. The van der Waals surface area contributed by atoms with E-state index in [4.69, 9.17) is 19.4 Å². The van der Waals surface area contributed by atoms with Gasteiger partial charge in [0.2, 0.25) is 0 Å². The van der Waals surface area contributed by atoms with Crippen molar-refractivity contribution in [1.82, 2.24) is 79.4 Å². The Morgan fingerprint density at radius 1 is 0.562 bits per heavy atom. The molecule has 0 amide bonds. The van der Waals surface area contributed by atoms with Gasteiger partial charge in [-0.3, -0.25) is 29.1 Å². The average molecular weight is 1840 g/mol. The summed E-state index contributed by atoms with van der Waals surface area (Å²) in [4.78, 5) is 84.6. The Labute approximate surface area is 736 Å². The first-order valence-corrected chi connectivity index (χ1v) is 34.2. The maximum atomic E-state index is 12.9. The van der Waals surface area contributed by atoms with Crippen molar-refractivity contribution in [3.63, 3.8) is 0 Å². The van der Waals surface area contributed by atoms with E-state index in [1.165, 1.54) is 19.1 Å². The molecule has 1 saturated heterocycles. The number of alkyl halides is 16. The minimum atomic E-state index is -4.52. The van der Waals surface area contributed by atoms with Gasteiger partial charge in [-0.1, -0.05) is 108 Å². The van der Waals surface area contributed by atoms with Crippen LogP contribution in [0.1, 0.15) is 110 Å². The van der Waals surface area contributed by atoms with Crippen LogP contribution < -0.4 is 130 Å². The number of hydrogen-bond donors (Lipinski definition) is 5. The molecule has 25 nitrogen and oxygen atoms in total. The fraction of sp³-hybridized carbons (Fsp3) is 0.348. The Morgan fingerprint density at radius 2 is 0.929 bits per heavy atom. The number of nitrogens with zero attached hydrogens (tertiary/aromatic N) is 11. The molecule has 5 N–H and O–H groups in total. The minimum Gasteiger partial charge on any atom is -1.00 e. The normalized spacial score (nSPS) is 13.4. The van der Waals surface area contributed by atoms with E-state index < -0.39 is 96.4 Å². The molecule has 11 aromatic rings. The van der Waals surface area contributed by atoms with Crippen LogP contribution in [0.25, 0.3) is 55.2 Å². The smallest absolute Gasteiger partial charge is 1.00 e. The predicted octanol–water partition coefficient (Wildman–Crippen LogP) is 8.13. The zero-order chi connectivity index (χ0) is 82.9. The Hall–Kier alpha value is -6.38. The molecule has 1 atom stereocenters. The van der Waals surface area contributed by atoms with Crippen molar-refractivity contribution in [2.24, 2.45) is 0 Å². The molecule has 0 saturated carbocycles. The number of fused-ring (bicyclic) bond motifs is 4. The molecule has 1 aliphatic heterocycles. The Balaban J connectivity index is 0.000000357. The number of aromatic amines is 5. The van der Waals surface area contributed by atoms with Crippen LogP contribution in [0.5, 0.6) is 0 Å². The number of carbonyl (C=O) groups is 1.